The summed E-state index contributed by atoms with van der Waals surface area (Å²) >= 11 is 0. The molecule has 0 saturated carbocycles. The van der Waals surface area contributed by atoms with Gasteiger partial charge in [0.1, 0.15) is 0 Å². The fraction of sp³-hybridized carbons (Fsp3) is 0.500. The Morgan fingerprint density at radius 2 is 1.86 bits per heavy atom. The average molecular weight is 195 g/mol. The van der Waals surface area contributed by atoms with Crippen molar-refractivity contribution in [2.75, 3.05) is 12.0 Å². The molecule has 78 valence electrons. The van der Waals surface area contributed by atoms with Crippen LogP contribution < -0.4 is 10.7 Å². The molecule has 4 nitrogen and oxygen atoms in total. The summed E-state index contributed by atoms with van der Waals surface area (Å²) in [5.41, 5.74) is 2.68. The maximum atomic E-state index is 11.4. The van der Waals surface area contributed by atoms with Gasteiger partial charge in [-0.3, -0.25) is 14.9 Å². The fourth-order valence-electron chi connectivity index (χ4n) is 0.938. The summed E-state index contributed by atoms with van der Waals surface area (Å²) in [6, 6.07) is 3.72. The van der Waals surface area contributed by atoms with Gasteiger partial charge in [-0.2, -0.15) is 0 Å². The summed E-state index contributed by atoms with van der Waals surface area (Å²) in [7, 11) is 0. The summed E-state index contributed by atoms with van der Waals surface area (Å²) in [6.45, 7) is 6.39. The van der Waals surface area contributed by atoms with E-state index < -0.39 is 0 Å². The van der Waals surface area contributed by atoms with E-state index in [1.807, 2.05) is 32.9 Å². The molecule has 4 heteroatoms. The highest BCUT2D eigenvalue weighted by Gasteiger charge is 2.10. The molecule has 1 aromatic heterocycles. The zero-order chi connectivity index (χ0) is 10.6. The van der Waals surface area contributed by atoms with E-state index in [1.165, 1.54) is 0 Å². The molecule has 1 heterocycles. The number of carbonyl (C=O) groups excluding carboxylic acids is 1. The first-order chi connectivity index (χ1) is 6.47. The molecule has 0 aliphatic carbocycles. The van der Waals surface area contributed by atoms with Crippen molar-refractivity contribution in [1.82, 2.24) is 9.99 Å². The van der Waals surface area contributed by atoms with Gasteiger partial charge in [0.25, 0.3) is 5.91 Å². The fourth-order valence-corrected chi connectivity index (χ4v) is 0.938. The van der Waals surface area contributed by atoms with Crippen LogP contribution in [0, 0.1) is 0 Å². The van der Waals surface area contributed by atoms with Crippen LogP contribution in [0.1, 0.15) is 20.8 Å². The summed E-state index contributed by atoms with van der Waals surface area (Å²) in [6.07, 6.45) is 3.57. The van der Waals surface area contributed by atoms with E-state index in [4.69, 9.17) is 0 Å². The number of amides is 1. The molecule has 0 aliphatic rings. The second-order valence-electron chi connectivity index (χ2n) is 4.23. The van der Waals surface area contributed by atoms with Crippen LogP contribution in [0.15, 0.2) is 24.5 Å². The van der Waals surface area contributed by atoms with Crippen LogP contribution in [-0.2, 0) is 4.79 Å². The molecule has 0 spiro atoms. The Hall–Kier alpha value is -1.29. The molecule has 1 aromatic rings. The van der Waals surface area contributed by atoms with Crippen molar-refractivity contribution in [2.45, 2.75) is 26.3 Å². The topological polar surface area (TPSA) is 46.1 Å². The Morgan fingerprint density at radius 3 is 2.36 bits per heavy atom. The highest BCUT2D eigenvalue weighted by Crippen LogP contribution is 1.96. The standard InChI is InChI=1S/C10H17N3O/c1-10(2,3)11-8-9(14)12-13-6-4-5-7-13/h4-7,11H,8H2,1-3H3,(H,12,14). The Balaban J connectivity index is 2.30. The molecule has 0 unspecified atom stereocenters. The molecule has 0 radical (unpaired) electrons. The summed E-state index contributed by atoms with van der Waals surface area (Å²) < 4.78 is 1.63. The third kappa shape index (κ3) is 4.09. The predicted molar refractivity (Wildman–Crippen MR) is 56.6 cm³/mol. The lowest BCUT2D eigenvalue weighted by Gasteiger charge is -2.20. The highest BCUT2D eigenvalue weighted by atomic mass is 16.2. The van der Waals surface area contributed by atoms with Gasteiger partial charge in [-0.25, -0.2) is 0 Å². The van der Waals surface area contributed by atoms with Gasteiger partial charge >= 0.3 is 0 Å². The maximum Gasteiger partial charge on any atom is 0.252 e. The number of hydrogen-bond donors (Lipinski definition) is 2. The van der Waals surface area contributed by atoms with Crippen LogP contribution in [-0.4, -0.2) is 22.7 Å². The Labute approximate surface area is 84.3 Å². The van der Waals surface area contributed by atoms with Crippen molar-refractivity contribution < 1.29 is 4.79 Å². The smallest absolute Gasteiger partial charge is 0.252 e. The first kappa shape index (κ1) is 10.8. The summed E-state index contributed by atoms with van der Waals surface area (Å²) in [5.74, 6) is -0.0453. The quantitative estimate of drug-likeness (QED) is 0.754. The number of carbonyl (C=O) groups is 1. The molecule has 0 bridgehead atoms. The lowest BCUT2D eigenvalue weighted by molar-refractivity contribution is -0.116. The summed E-state index contributed by atoms with van der Waals surface area (Å²) in [5, 5.41) is 3.11. The van der Waals surface area contributed by atoms with Crippen molar-refractivity contribution in [3.05, 3.63) is 24.5 Å². The molecule has 0 aliphatic heterocycles. The minimum Gasteiger partial charge on any atom is -0.304 e. The number of nitrogens with one attached hydrogen (secondary N) is 2. The molecular formula is C10H17N3O. The van der Waals surface area contributed by atoms with Crippen molar-refractivity contribution in [2.24, 2.45) is 0 Å². The zero-order valence-corrected chi connectivity index (χ0v) is 8.87. The number of nitrogens with zero attached hydrogens (tertiary/aromatic N) is 1. The normalized spacial score (nSPS) is 11.4. The van der Waals surface area contributed by atoms with E-state index in [2.05, 4.69) is 10.7 Å². The van der Waals surface area contributed by atoms with E-state index >= 15 is 0 Å². The second kappa shape index (κ2) is 4.28. The van der Waals surface area contributed by atoms with E-state index in [0.29, 0.717) is 6.54 Å². The first-order valence-electron chi connectivity index (χ1n) is 4.65. The maximum absolute atomic E-state index is 11.4. The van der Waals surface area contributed by atoms with Crippen LogP contribution in [0.4, 0.5) is 0 Å². The van der Waals surface area contributed by atoms with E-state index in [1.54, 1.807) is 17.1 Å². The molecule has 2 N–H and O–H groups in total. The zero-order valence-electron chi connectivity index (χ0n) is 8.87. The summed E-state index contributed by atoms with van der Waals surface area (Å²) in [4.78, 5) is 11.4. The van der Waals surface area contributed by atoms with Gasteiger partial charge in [0.2, 0.25) is 0 Å². The van der Waals surface area contributed by atoms with Crippen molar-refractivity contribution >= 4 is 5.91 Å². The molecular weight excluding hydrogens is 178 g/mol. The number of hydrogen-bond acceptors (Lipinski definition) is 2. The van der Waals surface area contributed by atoms with Crippen LogP contribution >= 0.6 is 0 Å². The Morgan fingerprint density at radius 1 is 1.29 bits per heavy atom. The Kier molecular flexibility index (Phi) is 3.30. The van der Waals surface area contributed by atoms with Crippen LogP contribution in [0.25, 0.3) is 0 Å². The third-order valence-corrected chi connectivity index (χ3v) is 1.64. The van der Waals surface area contributed by atoms with Gasteiger partial charge in [0.05, 0.1) is 6.54 Å². The van der Waals surface area contributed by atoms with Gasteiger partial charge in [-0.05, 0) is 32.9 Å². The van der Waals surface area contributed by atoms with Crippen LogP contribution in [0.3, 0.4) is 0 Å². The van der Waals surface area contributed by atoms with Gasteiger partial charge in [0, 0.05) is 17.9 Å². The van der Waals surface area contributed by atoms with Gasteiger partial charge < -0.3 is 5.32 Å². The molecule has 0 aromatic carbocycles. The lowest BCUT2D eigenvalue weighted by atomic mass is 10.1. The van der Waals surface area contributed by atoms with Crippen molar-refractivity contribution in [3.63, 3.8) is 0 Å². The minimum atomic E-state index is -0.0453. The van der Waals surface area contributed by atoms with E-state index in [-0.39, 0.29) is 11.4 Å². The van der Waals surface area contributed by atoms with Crippen LogP contribution in [0.5, 0.6) is 0 Å². The van der Waals surface area contributed by atoms with Gasteiger partial charge in [-0.1, -0.05) is 0 Å². The van der Waals surface area contributed by atoms with Gasteiger partial charge in [0.15, 0.2) is 0 Å². The molecule has 1 amide bonds. The monoisotopic (exact) mass is 195 g/mol. The average Bonchev–Trinajstić information content (AvgIpc) is 2.52. The lowest BCUT2D eigenvalue weighted by Crippen LogP contribution is -2.42. The highest BCUT2D eigenvalue weighted by molar-refractivity contribution is 5.85. The molecule has 0 fully saturated rings. The SMILES string of the molecule is CC(C)(C)NCC(=O)Nn1cccc1. The molecule has 1 rings (SSSR count). The largest absolute Gasteiger partial charge is 0.304 e. The number of aromatic nitrogens is 1. The van der Waals surface area contributed by atoms with Gasteiger partial charge in [-0.15, -0.1) is 0 Å². The van der Waals surface area contributed by atoms with Crippen LogP contribution in [0.2, 0.25) is 0 Å². The third-order valence-electron chi connectivity index (χ3n) is 1.64. The Bertz CT molecular complexity index is 285. The predicted octanol–water partition coefficient (Wildman–Crippen LogP) is 0.946. The van der Waals surface area contributed by atoms with Crippen molar-refractivity contribution in [3.8, 4) is 0 Å². The van der Waals surface area contributed by atoms with E-state index in [0.717, 1.165) is 0 Å². The molecule has 0 atom stereocenters. The second-order valence-corrected chi connectivity index (χ2v) is 4.23. The van der Waals surface area contributed by atoms with E-state index in [9.17, 15) is 4.79 Å². The molecule has 14 heavy (non-hydrogen) atoms. The number of rotatable bonds is 3. The molecule has 0 saturated heterocycles. The van der Waals surface area contributed by atoms with Crippen molar-refractivity contribution in [1.29, 1.82) is 0 Å². The minimum absolute atomic E-state index is 0.0337. The first-order valence-corrected chi connectivity index (χ1v) is 4.65.